The Morgan fingerprint density at radius 1 is 1.22 bits per heavy atom. The zero-order valence-electron chi connectivity index (χ0n) is 16.9. The van der Waals surface area contributed by atoms with Crippen LogP contribution in [0, 0.1) is 11.3 Å². The molecule has 2 aliphatic carbocycles. The second-order valence-corrected chi connectivity index (χ2v) is 8.83. The molecule has 0 saturated heterocycles. The fourth-order valence-corrected chi connectivity index (χ4v) is 4.72. The molecule has 0 spiro atoms. The zero-order valence-corrected chi connectivity index (χ0v) is 17.6. The van der Waals surface area contributed by atoms with Gasteiger partial charge in [-0.2, -0.15) is 0 Å². The Morgan fingerprint density at radius 3 is 2.69 bits per heavy atom. The Morgan fingerprint density at radius 2 is 2.00 bits per heavy atom. The second kappa shape index (κ2) is 7.59. The number of benzene rings is 1. The summed E-state index contributed by atoms with van der Waals surface area (Å²) >= 11 is 5.88. The molecular formula is C22H20ClN5O4. The van der Waals surface area contributed by atoms with Crippen LogP contribution in [0.1, 0.15) is 36.2 Å². The fourth-order valence-electron chi connectivity index (χ4n) is 4.59. The summed E-state index contributed by atoms with van der Waals surface area (Å²) in [5.41, 5.74) is 0.469. The first kappa shape index (κ1) is 20.4. The van der Waals surface area contributed by atoms with Gasteiger partial charge < -0.3 is 15.0 Å². The summed E-state index contributed by atoms with van der Waals surface area (Å²) in [4.78, 5) is 36.5. The summed E-state index contributed by atoms with van der Waals surface area (Å²) in [5, 5.41) is 21.1. The monoisotopic (exact) mass is 453 g/mol. The summed E-state index contributed by atoms with van der Waals surface area (Å²) in [7, 11) is 0. The van der Waals surface area contributed by atoms with Crippen LogP contribution in [0.25, 0.3) is 0 Å². The van der Waals surface area contributed by atoms with Gasteiger partial charge in [-0.25, -0.2) is 9.48 Å². The minimum atomic E-state index is -1.13. The van der Waals surface area contributed by atoms with Crippen LogP contribution < -0.4 is 10.9 Å². The molecule has 5 rings (SSSR count). The maximum absolute atomic E-state index is 12.9. The lowest BCUT2D eigenvalue weighted by Crippen LogP contribution is -2.44. The molecule has 3 aromatic rings. The molecule has 2 aromatic heterocycles. The highest BCUT2D eigenvalue weighted by Crippen LogP contribution is 2.72. The Kier molecular flexibility index (Phi) is 4.85. The maximum Gasteiger partial charge on any atom is 0.330 e. The molecule has 2 N–H and O–H groups in total. The first-order chi connectivity index (χ1) is 15.4. The van der Waals surface area contributed by atoms with Crippen LogP contribution in [0.5, 0.6) is 0 Å². The number of carboxylic acid groups (broad SMARTS) is 1. The van der Waals surface area contributed by atoms with Gasteiger partial charge in [-0.1, -0.05) is 35.0 Å². The number of fused-ring (bicyclic) bond motifs is 1. The minimum absolute atomic E-state index is 0.0355. The van der Waals surface area contributed by atoms with Crippen molar-refractivity contribution in [1.29, 1.82) is 0 Å². The number of halogens is 1. The van der Waals surface area contributed by atoms with Crippen LogP contribution in [0.2, 0.25) is 5.02 Å². The van der Waals surface area contributed by atoms with E-state index < -0.39 is 17.4 Å². The van der Waals surface area contributed by atoms with E-state index in [4.69, 9.17) is 11.6 Å². The van der Waals surface area contributed by atoms with Crippen molar-refractivity contribution in [2.75, 3.05) is 0 Å². The number of hydrogen-bond donors (Lipinski definition) is 2. The van der Waals surface area contributed by atoms with Gasteiger partial charge in [0.05, 0.1) is 24.2 Å². The number of carbonyl (C=O) groups excluding carboxylic acids is 1. The van der Waals surface area contributed by atoms with E-state index in [0.717, 1.165) is 0 Å². The summed E-state index contributed by atoms with van der Waals surface area (Å²) in [5.74, 6) is -1.28. The van der Waals surface area contributed by atoms with Crippen molar-refractivity contribution < 1.29 is 14.7 Å². The van der Waals surface area contributed by atoms with E-state index in [2.05, 4.69) is 15.6 Å². The van der Waals surface area contributed by atoms with E-state index >= 15 is 0 Å². The van der Waals surface area contributed by atoms with Gasteiger partial charge in [-0.3, -0.25) is 9.59 Å². The van der Waals surface area contributed by atoms with Gasteiger partial charge in [0.25, 0.3) is 5.56 Å². The normalized spacial score (nSPS) is 24.2. The predicted molar refractivity (Wildman–Crippen MR) is 114 cm³/mol. The topological polar surface area (TPSA) is 119 Å². The van der Waals surface area contributed by atoms with Crippen molar-refractivity contribution in [2.24, 2.45) is 11.3 Å². The average Bonchev–Trinajstić information content (AvgIpc) is 3.11. The van der Waals surface area contributed by atoms with Crippen LogP contribution in [-0.4, -0.2) is 36.5 Å². The van der Waals surface area contributed by atoms with E-state index in [-0.39, 0.29) is 23.4 Å². The summed E-state index contributed by atoms with van der Waals surface area (Å²) < 4.78 is 3.30. The standard InChI is InChI=1S/C22H20ClN5O4/c23-14-6-4-13(5-7-14)19(20(30)31)24-21(32)22-9-16(22)17(10-22)28-12-15(25-26-28)11-27-8-2-1-3-18(27)29/h1-8,12,16-17,19H,9-11H2,(H,24,32)(H,30,31)/t16-,17-,19?,22-/m0/s1. The van der Waals surface area contributed by atoms with Gasteiger partial charge in [0.15, 0.2) is 6.04 Å². The third kappa shape index (κ3) is 3.48. The number of amides is 1. The zero-order chi connectivity index (χ0) is 22.5. The average molecular weight is 454 g/mol. The molecule has 2 aliphatic rings. The van der Waals surface area contributed by atoms with Crippen molar-refractivity contribution in [3.8, 4) is 0 Å². The number of rotatable bonds is 7. The molecule has 0 aliphatic heterocycles. The van der Waals surface area contributed by atoms with Gasteiger partial charge in [0.2, 0.25) is 5.91 Å². The molecule has 9 nitrogen and oxygen atoms in total. The van der Waals surface area contributed by atoms with Crippen LogP contribution >= 0.6 is 11.6 Å². The maximum atomic E-state index is 12.9. The molecule has 164 valence electrons. The summed E-state index contributed by atoms with van der Waals surface area (Å²) in [6.07, 6.45) is 4.76. The van der Waals surface area contributed by atoms with E-state index in [1.807, 2.05) is 0 Å². The van der Waals surface area contributed by atoms with Gasteiger partial charge in [0, 0.05) is 17.3 Å². The van der Waals surface area contributed by atoms with Crippen LogP contribution in [0.15, 0.2) is 59.7 Å². The van der Waals surface area contributed by atoms with Crippen LogP contribution in [0.4, 0.5) is 0 Å². The van der Waals surface area contributed by atoms with Crippen LogP contribution in [-0.2, 0) is 16.1 Å². The first-order valence-corrected chi connectivity index (χ1v) is 10.6. The lowest BCUT2D eigenvalue weighted by Gasteiger charge is -2.34. The number of aromatic nitrogens is 4. The van der Waals surface area contributed by atoms with E-state index in [0.29, 0.717) is 35.7 Å². The molecule has 2 heterocycles. The molecule has 1 aromatic carbocycles. The Labute approximate surface area is 187 Å². The molecule has 10 heteroatoms. The number of nitrogens with zero attached hydrogens (tertiary/aromatic N) is 4. The number of carboxylic acids is 1. The lowest BCUT2D eigenvalue weighted by atomic mass is 9.79. The van der Waals surface area contributed by atoms with E-state index in [1.165, 1.54) is 6.07 Å². The van der Waals surface area contributed by atoms with Crippen molar-refractivity contribution in [2.45, 2.75) is 31.5 Å². The van der Waals surface area contributed by atoms with Gasteiger partial charge in [-0.05, 0) is 42.5 Å². The van der Waals surface area contributed by atoms with E-state index in [1.54, 1.807) is 58.0 Å². The molecule has 1 unspecified atom stereocenters. The Bertz CT molecular complexity index is 1250. The highest BCUT2D eigenvalue weighted by molar-refractivity contribution is 6.30. The van der Waals surface area contributed by atoms with E-state index in [9.17, 15) is 19.5 Å². The number of aliphatic carboxylic acids is 1. The third-order valence-electron chi connectivity index (χ3n) is 6.48. The predicted octanol–water partition coefficient (Wildman–Crippen LogP) is 2.03. The number of carbonyl (C=O) groups is 2. The third-order valence-corrected chi connectivity index (χ3v) is 6.73. The first-order valence-electron chi connectivity index (χ1n) is 10.2. The number of hydrogen-bond acceptors (Lipinski definition) is 5. The summed E-state index contributed by atoms with van der Waals surface area (Å²) in [6, 6.07) is 10.3. The molecule has 4 atom stereocenters. The second-order valence-electron chi connectivity index (χ2n) is 8.39. The Hall–Kier alpha value is -3.46. The van der Waals surface area contributed by atoms with Gasteiger partial charge in [0.1, 0.15) is 5.69 Å². The molecule has 32 heavy (non-hydrogen) atoms. The summed E-state index contributed by atoms with van der Waals surface area (Å²) in [6.45, 7) is 0.323. The van der Waals surface area contributed by atoms with Crippen molar-refractivity contribution >= 4 is 23.5 Å². The van der Waals surface area contributed by atoms with Crippen molar-refractivity contribution in [1.82, 2.24) is 24.9 Å². The smallest absolute Gasteiger partial charge is 0.330 e. The van der Waals surface area contributed by atoms with Crippen molar-refractivity contribution in [3.63, 3.8) is 0 Å². The molecule has 2 fully saturated rings. The number of nitrogens with one attached hydrogen (secondary N) is 1. The van der Waals surface area contributed by atoms with Crippen molar-refractivity contribution in [3.05, 3.63) is 81.5 Å². The highest BCUT2D eigenvalue weighted by atomic mass is 35.5. The lowest BCUT2D eigenvalue weighted by molar-refractivity contribution is -0.144. The fraction of sp³-hybridized carbons (Fsp3) is 0.318. The SMILES string of the molecule is O=C(O)C(NC(=O)[C@@]12C[C@H](n3cc(Cn4ccccc4=O)nn3)[C@@H]1C2)c1ccc(Cl)cc1. The van der Waals surface area contributed by atoms with Gasteiger partial charge >= 0.3 is 5.97 Å². The minimum Gasteiger partial charge on any atom is -0.479 e. The molecular weight excluding hydrogens is 434 g/mol. The highest BCUT2D eigenvalue weighted by Gasteiger charge is 2.72. The molecule has 0 radical (unpaired) electrons. The van der Waals surface area contributed by atoms with Gasteiger partial charge in [-0.15, -0.1) is 5.10 Å². The largest absolute Gasteiger partial charge is 0.479 e. The molecule has 1 amide bonds. The van der Waals surface area contributed by atoms with Crippen LogP contribution in [0.3, 0.4) is 0 Å². The molecule has 0 bridgehead atoms. The number of pyridine rings is 1. The Balaban J connectivity index is 1.24. The molecule has 2 saturated carbocycles. The quantitative estimate of drug-likeness (QED) is 0.565.